The Morgan fingerprint density at radius 2 is 1.64 bits per heavy atom. The normalized spacial score (nSPS) is 13.5. The smallest absolute Gasteiger partial charge is 0.191 e. The van der Waals surface area contributed by atoms with Crippen LogP contribution in [0.3, 0.4) is 0 Å². The summed E-state index contributed by atoms with van der Waals surface area (Å²) in [5.74, 6) is 2.78. The first-order chi connectivity index (χ1) is 16.0. The minimum absolute atomic E-state index is 0.229. The predicted molar refractivity (Wildman–Crippen MR) is 137 cm³/mol. The van der Waals surface area contributed by atoms with Gasteiger partial charge >= 0.3 is 0 Å². The monoisotopic (exact) mass is 473 g/mol. The highest BCUT2D eigenvalue weighted by Crippen LogP contribution is 2.26. The highest BCUT2D eigenvalue weighted by atomic mass is 32.2. The van der Waals surface area contributed by atoms with Gasteiger partial charge < -0.3 is 15.1 Å². The molecule has 1 aromatic carbocycles. The van der Waals surface area contributed by atoms with E-state index >= 15 is 0 Å². The summed E-state index contributed by atoms with van der Waals surface area (Å²) in [6.45, 7) is 13.8. The molecule has 33 heavy (non-hydrogen) atoms. The molecule has 0 bridgehead atoms. The van der Waals surface area contributed by atoms with E-state index in [-0.39, 0.29) is 5.82 Å². The van der Waals surface area contributed by atoms with Crippen LogP contribution in [0.1, 0.15) is 39.0 Å². The van der Waals surface area contributed by atoms with Gasteiger partial charge in [0.25, 0.3) is 0 Å². The van der Waals surface area contributed by atoms with E-state index < -0.39 is 0 Å². The number of hydrogen-bond donors (Lipinski definition) is 2. The van der Waals surface area contributed by atoms with Crippen molar-refractivity contribution in [3.8, 4) is 0 Å². The molecule has 2 N–H and O–H groups in total. The largest absolute Gasteiger partial charge is 0.354 e. The zero-order chi connectivity index (χ0) is 24.2. The number of anilines is 3. The van der Waals surface area contributed by atoms with E-state index in [1.165, 1.54) is 23.9 Å². The van der Waals surface area contributed by atoms with E-state index in [0.29, 0.717) is 16.7 Å². The number of rotatable bonds is 6. The minimum Gasteiger partial charge on any atom is -0.354 e. The van der Waals surface area contributed by atoms with Crippen molar-refractivity contribution in [2.24, 2.45) is 0 Å². The average molecular weight is 474 g/mol. The van der Waals surface area contributed by atoms with Gasteiger partial charge in [0.15, 0.2) is 11.0 Å². The first kappa shape index (κ1) is 26.6. The van der Waals surface area contributed by atoms with Crippen LogP contribution in [0.4, 0.5) is 21.8 Å². The predicted octanol–water partition coefficient (Wildman–Crippen LogP) is 5.49. The van der Waals surface area contributed by atoms with Crippen LogP contribution in [0, 0.1) is 12.7 Å². The molecule has 9 heteroatoms. The number of halogens is 1. The van der Waals surface area contributed by atoms with Crippen LogP contribution >= 0.6 is 11.8 Å². The lowest BCUT2D eigenvalue weighted by Gasteiger charge is -2.33. The number of nitrogens with one attached hydrogen (secondary N) is 2. The number of nitrogens with zero attached hydrogens (tertiary/aromatic N) is 5. The molecule has 3 heterocycles. The first-order valence-corrected chi connectivity index (χ1v) is 12.5. The summed E-state index contributed by atoms with van der Waals surface area (Å²) in [6, 6.07) is 10.4. The fourth-order valence-electron chi connectivity index (χ4n) is 3.08. The van der Waals surface area contributed by atoms with E-state index in [1.54, 1.807) is 12.1 Å². The van der Waals surface area contributed by atoms with Crippen molar-refractivity contribution >= 4 is 29.2 Å². The third-order valence-corrected chi connectivity index (χ3v) is 5.68. The van der Waals surface area contributed by atoms with Gasteiger partial charge in [0, 0.05) is 49.8 Å². The Morgan fingerprint density at radius 3 is 2.24 bits per heavy atom. The molecule has 1 saturated heterocycles. The van der Waals surface area contributed by atoms with E-state index in [4.69, 9.17) is 4.98 Å². The maximum atomic E-state index is 13.1. The molecular formula is C24H36FN7S. The van der Waals surface area contributed by atoms with Crippen molar-refractivity contribution in [1.82, 2.24) is 25.1 Å². The first-order valence-electron chi connectivity index (χ1n) is 11.5. The fraction of sp³-hybridized carbons (Fsp3) is 0.458. The van der Waals surface area contributed by atoms with Crippen molar-refractivity contribution in [3.63, 3.8) is 0 Å². The van der Waals surface area contributed by atoms with Gasteiger partial charge in [-0.2, -0.15) is 5.10 Å². The molecule has 1 aliphatic rings. The molecule has 7 nitrogen and oxygen atoms in total. The molecule has 0 radical (unpaired) electrons. The molecule has 0 spiro atoms. The minimum atomic E-state index is -0.229. The van der Waals surface area contributed by atoms with Gasteiger partial charge in [-0.05, 0) is 31.7 Å². The summed E-state index contributed by atoms with van der Waals surface area (Å²) < 4.78 is 13.1. The molecule has 0 aliphatic carbocycles. The Morgan fingerprint density at radius 1 is 0.970 bits per heavy atom. The summed E-state index contributed by atoms with van der Waals surface area (Å²) >= 11 is 1.54. The van der Waals surface area contributed by atoms with Gasteiger partial charge in [-0.1, -0.05) is 51.6 Å². The van der Waals surface area contributed by atoms with Crippen LogP contribution < -0.4 is 10.2 Å². The number of likely N-dealkylation sites (N-methyl/N-ethyl adjacent to an activating group) is 1. The number of aromatic amines is 1. The average Bonchev–Trinajstić information content (AvgIpc) is 3.26. The SMILES string of the molecule is CC.CC.Cc1cc(Nc2cc(N3CCN(C)CC3)nc(SCc3ccc(F)cc3)n2)n[nH]1. The molecular weight excluding hydrogens is 437 g/mol. The Balaban J connectivity index is 0.000000914. The van der Waals surface area contributed by atoms with E-state index in [1.807, 2.05) is 46.8 Å². The number of hydrogen-bond acceptors (Lipinski definition) is 7. The second-order valence-corrected chi connectivity index (χ2v) is 8.10. The standard InChI is InChI=1S/C20H24FN7S.2C2H6/c1-14-11-18(26-25-14)22-17-12-19(28-9-7-27(2)8-10-28)24-20(23-17)29-13-15-3-5-16(21)6-4-15;2*1-2/h3-6,11-12H,7-10,13H2,1-2H3,(H2,22,23,24,25,26);2*1-2H3. The van der Waals surface area contributed by atoms with Crippen molar-refractivity contribution < 1.29 is 4.39 Å². The van der Waals surface area contributed by atoms with Gasteiger partial charge in [-0.25, -0.2) is 14.4 Å². The lowest BCUT2D eigenvalue weighted by Crippen LogP contribution is -2.44. The van der Waals surface area contributed by atoms with Crippen molar-refractivity contribution in [2.45, 2.75) is 45.5 Å². The quantitative estimate of drug-likeness (QED) is 0.362. The number of thioether (sulfide) groups is 1. The van der Waals surface area contributed by atoms with Crippen LogP contribution in [0.15, 0.2) is 41.6 Å². The number of aryl methyl sites for hydroxylation is 1. The fourth-order valence-corrected chi connectivity index (χ4v) is 3.89. The third-order valence-electron chi connectivity index (χ3n) is 4.76. The van der Waals surface area contributed by atoms with Crippen LogP contribution in [0.5, 0.6) is 0 Å². The molecule has 0 saturated carbocycles. The van der Waals surface area contributed by atoms with Crippen molar-refractivity contribution in [1.29, 1.82) is 0 Å². The number of aromatic nitrogens is 4. The lowest BCUT2D eigenvalue weighted by atomic mass is 10.2. The lowest BCUT2D eigenvalue weighted by molar-refractivity contribution is 0.312. The number of benzene rings is 1. The van der Waals surface area contributed by atoms with Crippen LogP contribution in [-0.2, 0) is 5.75 Å². The second kappa shape index (κ2) is 13.8. The summed E-state index contributed by atoms with van der Waals surface area (Å²) in [4.78, 5) is 14.0. The summed E-state index contributed by atoms with van der Waals surface area (Å²) in [5, 5.41) is 11.1. The van der Waals surface area contributed by atoms with Gasteiger partial charge in [-0.15, -0.1) is 0 Å². The molecule has 180 valence electrons. The zero-order valence-corrected chi connectivity index (χ0v) is 21.3. The number of piperazine rings is 1. The molecule has 3 aromatic rings. The van der Waals surface area contributed by atoms with Crippen LogP contribution in [-0.4, -0.2) is 58.3 Å². The summed E-state index contributed by atoms with van der Waals surface area (Å²) in [5.41, 5.74) is 2.01. The number of H-pyrrole nitrogens is 1. The van der Waals surface area contributed by atoms with E-state index in [0.717, 1.165) is 49.1 Å². The molecule has 0 unspecified atom stereocenters. The van der Waals surface area contributed by atoms with E-state index in [9.17, 15) is 4.39 Å². The van der Waals surface area contributed by atoms with Gasteiger partial charge in [0.05, 0.1) is 0 Å². The summed E-state index contributed by atoms with van der Waals surface area (Å²) in [6.07, 6.45) is 0. The molecule has 0 atom stereocenters. The van der Waals surface area contributed by atoms with Crippen molar-refractivity contribution in [2.75, 3.05) is 43.4 Å². The third kappa shape index (κ3) is 8.33. The molecule has 2 aromatic heterocycles. The van der Waals surface area contributed by atoms with E-state index in [2.05, 4.69) is 37.3 Å². The highest BCUT2D eigenvalue weighted by Gasteiger charge is 2.18. The zero-order valence-electron chi connectivity index (χ0n) is 20.5. The maximum Gasteiger partial charge on any atom is 0.191 e. The molecule has 0 amide bonds. The van der Waals surface area contributed by atoms with Crippen LogP contribution in [0.25, 0.3) is 0 Å². The Hall–Kier alpha value is -2.65. The summed E-state index contributed by atoms with van der Waals surface area (Å²) in [7, 11) is 2.13. The Bertz CT molecular complexity index is 954. The van der Waals surface area contributed by atoms with Crippen molar-refractivity contribution in [3.05, 3.63) is 53.5 Å². The topological polar surface area (TPSA) is 73.0 Å². The molecule has 1 aliphatic heterocycles. The van der Waals surface area contributed by atoms with Crippen LogP contribution in [0.2, 0.25) is 0 Å². The second-order valence-electron chi connectivity index (χ2n) is 7.16. The van der Waals surface area contributed by atoms with Gasteiger partial charge in [0.1, 0.15) is 17.5 Å². The Kier molecular flexibility index (Phi) is 11.1. The molecule has 1 fully saturated rings. The van der Waals surface area contributed by atoms with Gasteiger partial charge in [0.2, 0.25) is 0 Å². The highest BCUT2D eigenvalue weighted by molar-refractivity contribution is 7.98. The van der Waals surface area contributed by atoms with Gasteiger partial charge in [-0.3, -0.25) is 5.10 Å². The molecule has 4 rings (SSSR count). The Labute approximate surface area is 201 Å². The maximum absolute atomic E-state index is 13.1.